The van der Waals surface area contributed by atoms with Crippen molar-refractivity contribution in [3.63, 3.8) is 0 Å². The molecule has 11 rings (SSSR count). The smallest absolute Gasteiger partial charge is 0.204 e. The summed E-state index contributed by atoms with van der Waals surface area (Å²) in [4.78, 5) is 0. The molecule has 0 spiro atoms. The Bertz CT molecular complexity index is 3880. The fraction of sp³-hybridized carbons (Fsp3) is 0.121. The Morgan fingerprint density at radius 1 is 0.569 bits per heavy atom. The van der Waals surface area contributed by atoms with Gasteiger partial charge in [0.15, 0.2) is 11.5 Å². The van der Waals surface area contributed by atoms with Crippen LogP contribution in [0.25, 0.3) is 99.5 Å². The Hall–Kier alpha value is -8.74. The molecule has 0 saturated heterocycles. The molecule has 1 aliphatic carbocycles. The lowest BCUT2D eigenvalue weighted by Crippen LogP contribution is -2.14. The van der Waals surface area contributed by atoms with Crippen molar-refractivity contribution < 1.29 is 29.3 Å². The summed E-state index contributed by atoms with van der Waals surface area (Å²) in [6.45, 7) is 16.3. The zero-order valence-corrected chi connectivity index (χ0v) is 41.3. The number of aryl methyl sites for hydroxylation is 2. The van der Waals surface area contributed by atoms with Crippen molar-refractivity contribution in [2.75, 3.05) is 0 Å². The molecular formula is C66H56O6. The first-order valence-electron chi connectivity index (χ1n) is 24.3. The summed E-state index contributed by atoms with van der Waals surface area (Å²) in [5, 5.41) is 45.1. The molecule has 0 amide bonds. The Labute approximate surface area is 419 Å². The fourth-order valence-electron chi connectivity index (χ4n) is 10.4. The minimum atomic E-state index is -0.764. The van der Waals surface area contributed by atoms with Crippen molar-refractivity contribution in [3.8, 4) is 67.5 Å². The van der Waals surface area contributed by atoms with Crippen LogP contribution in [0.4, 0.5) is 0 Å². The molecule has 0 fully saturated rings. The average Bonchev–Trinajstić information content (AvgIpc) is 3.96. The number of para-hydroxylation sites is 1. The van der Waals surface area contributed by atoms with Crippen LogP contribution in [0.2, 0.25) is 0 Å². The van der Waals surface area contributed by atoms with Gasteiger partial charge in [0.25, 0.3) is 0 Å². The summed E-state index contributed by atoms with van der Waals surface area (Å²) < 4.78 is 12.8. The van der Waals surface area contributed by atoms with Crippen LogP contribution in [-0.4, -0.2) is 20.4 Å². The molecule has 2 aromatic heterocycles. The molecule has 0 radical (unpaired) electrons. The molecular weight excluding hydrogens is 889 g/mol. The SMILES string of the molecule is C=C/C=C(\C=C/C)c1ccc(-c2ccc3c(c2)oc2c(C4=CC=CCC4(C)C)cccc23)c(C)c1.Cc1cc(-c2ccccc2)ccc1-c1ccc2c(c1)oc1cccc(-c3c(C)c(O)c(O)c(O)c3O)c12. The number of aromatic hydroxyl groups is 4. The minimum absolute atomic E-state index is 0.0812. The number of phenols is 4. The van der Waals surface area contributed by atoms with Crippen LogP contribution in [-0.2, 0) is 0 Å². The summed E-state index contributed by atoms with van der Waals surface area (Å²) in [6.07, 6.45) is 15.7. The number of hydrogen-bond acceptors (Lipinski definition) is 6. The molecule has 72 heavy (non-hydrogen) atoms. The molecule has 0 saturated carbocycles. The molecule has 4 N–H and O–H groups in total. The van der Waals surface area contributed by atoms with Crippen molar-refractivity contribution in [1.82, 2.24) is 0 Å². The molecule has 8 aromatic carbocycles. The van der Waals surface area contributed by atoms with Crippen LogP contribution in [0.5, 0.6) is 23.0 Å². The number of fused-ring (bicyclic) bond motifs is 6. The maximum absolute atomic E-state index is 10.7. The molecule has 6 heteroatoms. The largest absolute Gasteiger partial charge is 0.504 e. The molecule has 0 aliphatic heterocycles. The second kappa shape index (κ2) is 18.9. The lowest BCUT2D eigenvalue weighted by molar-refractivity contribution is 0.345. The van der Waals surface area contributed by atoms with Crippen LogP contribution in [0.3, 0.4) is 0 Å². The monoisotopic (exact) mass is 944 g/mol. The third kappa shape index (κ3) is 8.35. The predicted molar refractivity (Wildman–Crippen MR) is 299 cm³/mol. The van der Waals surface area contributed by atoms with E-state index in [9.17, 15) is 20.4 Å². The van der Waals surface area contributed by atoms with Gasteiger partial charge >= 0.3 is 0 Å². The molecule has 6 nitrogen and oxygen atoms in total. The van der Waals surface area contributed by atoms with E-state index in [1.54, 1.807) is 19.1 Å². The molecule has 1 aliphatic rings. The van der Waals surface area contributed by atoms with E-state index in [0.717, 1.165) is 61.6 Å². The van der Waals surface area contributed by atoms with Crippen LogP contribution in [0.1, 0.15) is 55.0 Å². The first kappa shape index (κ1) is 47.0. The molecule has 356 valence electrons. The van der Waals surface area contributed by atoms with E-state index in [1.807, 2.05) is 61.5 Å². The first-order valence-corrected chi connectivity index (χ1v) is 24.3. The van der Waals surface area contributed by atoms with Crippen molar-refractivity contribution in [1.29, 1.82) is 0 Å². The van der Waals surface area contributed by atoms with Crippen LogP contribution in [0.15, 0.2) is 197 Å². The summed E-state index contributed by atoms with van der Waals surface area (Å²) in [5.41, 5.74) is 18.4. The van der Waals surface area contributed by atoms with E-state index in [4.69, 9.17) is 8.83 Å². The third-order valence-corrected chi connectivity index (χ3v) is 14.1. The van der Waals surface area contributed by atoms with E-state index < -0.39 is 23.0 Å². The lowest BCUT2D eigenvalue weighted by atomic mass is 9.75. The van der Waals surface area contributed by atoms with Gasteiger partial charge in [0.05, 0.1) is 0 Å². The zero-order valence-electron chi connectivity index (χ0n) is 41.3. The van der Waals surface area contributed by atoms with E-state index in [0.29, 0.717) is 16.7 Å². The van der Waals surface area contributed by atoms with E-state index >= 15 is 0 Å². The number of furan rings is 2. The average molecular weight is 945 g/mol. The van der Waals surface area contributed by atoms with E-state index in [2.05, 4.69) is 150 Å². The highest BCUT2D eigenvalue weighted by Gasteiger charge is 2.28. The summed E-state index contributed by atoms with van der Waals surface area (Å²) >= 11 is 0. The quantitative estimate of drug-likeness (QED) is 0.0687. The second-order valence-corrected chi connectivity index (χ2v) is 19.3. The van der Waals surface area contributed by atoms with Gasteiger partial charge in [-0.3, -0.25) is 0 Å². The number of rotatable bonds is 8. The standard InChI is InChI=1S/C34H32O.C32H24O5/c1-6-11-24(12-7-2)25-16-18-27(23(3)21-25)26-17-19-28-29-13-10-14-30(33(29)35-32(28)22-26)31-15-8-9-20-34(31,4)5;1-17-15-20(19-7-4-3-5-8-19)11-13-22(17)21-12-14-23-26(16-21)37-25-10-6-9-24(28(23)25)27-18(2)29(33)31(35)32(36)30(27)34/h6-19,21-22H,1,20H2,2-5H3;3-16,33-36H,1-2H3/b12-7-,24-11+;. The highest BCUT2D eigenvalue weighted by atomic mass is 16.3. The summed E-state index contributed by atoms with van der Waals surface area (Å²) in [5.74, 6) is -2.49. The number of phenolic OH excluding ortho intramolecular Hbond substituents is 4. The first-order chi connectivity index (χ1) is 34.8. The minimum Gasteiger partial charge on any atom is -0.504 e. The Morgan fingerprint density at radius 2 is 1.22 bits per heavy atom. The number of benzene rings is 8. The van der Waals surface area contributed by atoms with Crippen molar-refractivity contribution in [2.24, 2.45) is 5.41 Å². The van der Waals surface area contributed by atoms with Gasteiger partial charge in [0, 0.05) is 38.2 Å². The van der Waals surface area contributed by atoms with Gasteiger partial charge < -0.3 is 29.3 Å². The van der Waals surface area contributed by atoms with Gasteiger partial charge in [0.2, 0.25) is 11.5 Å². The number of hydrogen-bond donors (Lipinski definition) is 4. The van der Waals surface area contributed by atoms with Gasteiger partial charge in [-0.1, -0.05) is 172 Å². The zero-order chi connectivity index (χ0) is 50.4. The van der Waals surface area contributed by atoms with Gasteiger partial charge in [-0.25, -0.2) is 0 Å². The third-order valence-electron chi connectivity index (χ3n) is 14.1. The van der Waals surface area contributed by atoms with E-state index in [-0.39, 0.29) is 16.5 Å². The van der Waals surface area contributed by atoms with E-state index in [1.165, 1.54) is 44.3 Å². The molecule has 0 unspecified atom stereocenters. The normalized spacial score (nSPS) is 13.5. The van der Waals surface area contributed by atoms with Gasteiger partial charge in [-0.2, -0.15) is 0 Å². The maximum Gasteiger partial charge on any atom is 0.204 e. The Morgan fingerprint density at radius 3 is 1.92 bits per heavy atom. The van der Waals surface area contributed by atoms with Crippen LogP contribution in [0, 0.1) is 26.2 Å². The van der Waals surface area contributed by atoms with Crippen molar-refractivity contribution in [3.05, 3.63) is 216 Å². The summed E-state index contributed by atoms with van der Waals surface area (Å²) in [7, 11) is 0. The highest BCUT2D eigenvalue weighted by Crippen LogP contribution is 2.53. The van der Waals surface area contributed by atoms with Gasteiger partial charge in [0.1, 0.15) is 22.3 Å². The number of allylic oxidation sites excluding steroid dienone is 9. The van der Waals surface area contributed by atoms with Crippen LogP contribution < -0.4 is 0 Å². The fourth-order valence-corrected chi connectivity index (χ4v) is 10.4. The molecule has 10 aromatic rings. The summed E-state index contributed by atoms with van der Waals surface area (Å²) in [6, 6.07) is 47.9. The molecule has 2 heterocycles. The maximum atomic E-state index is 10.7. The highest BCUT2D eigenvalue weighted by molar-refractivity contribution is 6.14. The van der Waals surface area contributed by atoms with Gasteiger partial charge in [-0.15, -0.1) is 0 Å². The Kier molecular flexibility index (Phi) is 12.3. The van der Waals surface area contributed by atoms with Crippen molar-refractivity contribution >= 4 is 55.0 Å². The Balaban J connectivity index is 0.000000166. The topological polar surface area (TPSA) is 107 Å². The van der Waals surface area contributed by atoms with Gasteiger partial charge in [-0.05, 0) is 137 Å². The van der Waals surface area contributed by atoms with Crippen LogP contribution >= 0.6 is 0 Å². The second-order valence-electron chi connectivity index (χ2n) is 19.3. The lowest BCUT2D eigenvalue weighted by Gasteiger charge is -2.29. The molecule has 0 atom stereocenters. The predicted octanol–water partition coefficient (Wildman–Crippen LogP) is 18.1. The van der Waals surface area contributed by atoms with Crippen molar-refractivity contribution in [2.45, 2.75) is 48.0 Å². The molecule has 0 bridgehead atoms.